The molecule has 2 N–H and O–H groups in total. The molecule has 2 amide bonds. The molecule has 9 nitrogen and oxygen atoms in total. The number of aromatic nitrogens is 1. The summed E-state index contributed by atoms with van der Waals surface area (Å²) in [6.45, 7) is 9.00. The highest BCUT2D eigenvalue weighted by Gasteiger charge is 2.14. The second kappa shape index (κ2) is 11.3. The van der Waals surface area contributed by atoms with Gasteiger partial charge in [-0.05, 0) is 70.0 Å². The summed E-state index contributed by atoms with van der Waals surface area (Å²) in [6.07, 6.45) is 0. The van der Waals surface area contributed by atoms with Crippen molar-refractivity contribution in [1.82, 2.24) is 10.5 Å². The van der Waals surface area contributed by atoms with E-state index in [9.17, 15) is 14.4 Å². The third-order valence-electron chi connectivity index (χ3n) is 5.38. The molecule has 0 saturated heterocycles. The van der Waals surface area contributed by atoms with Crippen molar-refractivity contribution in [2.45, 2.75) is 41.2 Å². The van der Waals surface area contributed by atoms with Crippen molar-refractivity contribution < 1.29 is 28.4 Å². The van der Waals surface area contributed by atoms with Crippen molar-refractivity contribution in [3.8, 4) is 5.75 Å². The smallest absolute Gasteiger partial charge is 0.338 e. The second-order valence-corrected chi connectivity index (χ2v) is 8.29. The van der Waals surface area contributed by atoms with Crippen molar-refractivity contribution >= 4 is 23.5 Å². The van der Waals surface area contributed by atoms with Gasteiger partial charge in [0.25, 0.3) is 5.91 Å². The third-order valence-corrected chi connectivity index (χ3v) is 5.38. The molecule has 1 aromatic heterocycles. The first-order valence-electron chi connectivity index (χ1n) is 11.1. The molecule has 2 aromatic carbocycles. The van der Waals surface area contributed by atoms with Crippen LogP contribution in [0.15, 0.2) is 40.9 Å². The van der Waals surface area contributed by atoms with Gasteiger partial charge in [0.15, 0.2) is 6.61 Å². The Bertz CT molecular complexity index is 1190. The highest BCUT2D eigenvalue weighted by molar-refractivity contribution is 5.96. The summed E-state index contributed by atoms with van der Waals surface area (Å²) in [4.78, 5) is 36.5. The minimum atomic E-state index is -0.659. The standard InChI is InChI=1S/C26H29N3O6/c1-15-10-16(2)25(17(3)11-15)28-23(30)12-27-24(31)14-34-26(32)20-6-8-21(9-7-20)33-13-22-18(4)29-35-19(22)5/h6-11H,12-14H2,1-5H3,(H,27,31)(H,28,30). The van der Waals surface area contributed by atoms with Crippen LogP contribution < -0.4 is 15.4 Å². The first-order chi connectivity index (χ1) is 16.6. The van der Waals surface area contributed by atoms with Crippen molar-refractivity contribution in [3.05, 3.63) is 75.7 Å². The van der Waals surface area contributed by atoms with E-state index in [0.717, 1.165) is 33.6 Å². The molecule has 0 aliphatic rings. The predicted octanol–water partition coefficient (Wildman–Crippen LogP) is 3.71. The number of carbonyl (C=O) groups is 3. The molecule has 0 atom stereocenters. The number of nitrogens with zero attached hydrogens (tertiary/aromatic N) is 1. The molecule has 0 radical (unpaired) electrons. The minimum absolute atomic E-state index is 0.236. The van der Waals surface area contributed by atoms with Gasteiger partial charge in [-0.3, -0.25) is 9.59 Å². The fraction of sp³-hybridized carbons (Fsp3) is 0.308. The topological polar surface area (TPSA) is 120 Å². The van der Waals surface area contributed by atoms with E-state index in [1.165, 1.54) is 0 Å². The van der Waals surface area contributed by atoms with E-state index in [4.69, 9.17) is 14.0 Å². The fourth-order valence-electron chi connectivity index (χ4n) is 3.56. The fourth-order valence-corrected chi connectivity index (χ4v) is 3.56. The van der Waals surface area contributed by atoms with E-state index in [1.807, 2.05) is 46.8 Å². The van der Waals surface area contributed by atoms with Crippen molar-refractivity contribution in [2.75, 3.05) is 18.5 Å². The molecular weight excluding hydrogens is 450 g/mol. The molecule has 0 unspecified atom stereocenters. The third kappa shape index (κ3) is 6.92. The minimum Gasteiger partial charge on any atom is -0.489 e. The maximum Gasteiger partial charge on any atom is 0.338 e. The second-order valence-electron chi connectivity index (χ2n) is 8.29. The van der Waals surface area contributed by atoms with Gasteiger partial charge in [0, 0.05) is 5.69 Å². The molecule has 0 bridgehead atoms. The van der Waals surface area contributed by atoms with Crippen LogP contribution in [-0.2, 0) is 20.9 Å². The molecule has 0 aliphatic carbocycles. The summed E-state index contributed by atoms with van der Waals surface area (Å²) in [5.74, 6) is -0.354. The molecule has 0 spiro atoms. The van der Waals surface area contributed by atoms with Crippen LogP contribution in [0.3, 0.4) is 0 Å². The maximum absolute atomic E-state index is 12.2. The highest BCUT2D eigenvalue weighted by Crippen LogP contribution is 2.22. The Kier molecular flexibility index (Phi) is 8.25. The van der Waals surface area contributed by atoms with Gasteiger partial charge < -0.3 is 24.6 Å². The highest BCUT2D eigenvalue weighted by atomic mass is 16.5. The van der Waals surface area contributed by atoms with Crippen LogP contribution in [0, 0.1) is 34.6 Å². The van der Waals surface area contributed by atoms with E-state index in [-0.39, 0.29) is 18.0 Å². The lowest BCUT2D eigenvalue weighted by Crippen LogP contribution is -2.35. The Morgan fingerprint density at radius 1 is 0.943 bits per heavy atom. The Morgan fingerprint density at radius 3 is 2.20 bits per heavy atom. The number of hydrogen-bond donors (Lipinski definition) is 2. The van der Waals surface area contributed by atoms with E-state index in [0.29, 0.717) is 18.1 Å². The summed E-state index contributed by atoms with van der Waals surface area (Å²) in [5, 5.41) is 9.13. The number of aryl methyl sites for hydroxylation is 5. The molecular formula is C26H29N3O6. The van der Waals surface area contributed by atoms with Crippen LogP contribution in [0.5, 0.6) is 5.75 Å². The number of carbonyl (C=O) groups excluding carboxylic acids is 3. The number of nitrogens with one attached hydrogen (secondary N) is 2. The Balaban J connectivity index is 1.42. The molecule has 1 heterocycles. The summed E-state index contributed by atoms with van der Waals surface area (Å²) >= 11 is 0. The monoisotopic (exact) mass is 479 g/mol. The van der Waals surface area contributed by atoms with Gasteiger partial charge in [-0.15, -0.1) is 0 Å². The number of amides is 2. The summed E-state index contributed by atoms with van der Waals surface area (Å²) in [5.41, 5.74) is 5.61. The van der Waals surface area contributed by atoms with E-state index < -0.39 is 18.5 Å². The normalized spacial score (nSPS) is 10.5. The van der Waals surface area contributed by atoms with Gasteiger partial charge in [-0.1, -0.05) is 22.9 Å². The van der Waals surface area contributed by atoms with Crippen LogP contribution in [0.25, 0.3) is 0 Å². The van der Waals surface area contributed by atoms with Gasteiger partial charge in [0.2, 0.25) is 5.91 Å². The van der Waals surface area contributed by atoms with Crippen molar-refractivity contribution in [2.24, 2.45) is 0 Å². The quantitative estimate of drug-likeness (QED) is 0.449. The van der Waals surface area contributed by atoms with E-state index >= 15 is 0 Å². The number of ether oxygens (including phenoxy) is 2. The number of esters is 1. The largest absolute Gasteiger partial charge is 0.489 e. The molecule has 3 aromatic rings. The number of benzene rings is 2. The van der Waals surface area contributed by atoms with Crippen LogP contribution in [-0.4, -0.2) is 36.1 Å². The Labute approximate surface area is 203 Å². The maximum atomic E-state index is 12.2. The van der Waals surface area contributed by atoms with Crippen molar-refractivity contribution in [3.63, 3.8) is 0 Å². The average Bonchev–Trinajstić information content (AvgIpc) is 3.14. The molecule has 0 saturated carbocycles. The molecule has 35 heavy (non-hydrogen) atoms. The molecule has 0 aliphatic heterocycles. The van der Waals surface area contributed by atoms with Crippen LogP contribution in [0.2, 0.25) is 0 Å². The molecule has 184 valence electrons. The zero-order valence-corrected chi connectivity index (χ0v) is 20.5. The van der Waals surface area contributed by atoms with Gasteiger partial charge in [0.05, 0.1) is 23.4 Å². The number of hydrogen-bond acceptors (Lipinski definition) is 7. The molecule has 3 rings (SSSR count). The van der Waals surface area contributed by atoms with Crippen molar-refractivity contribution in [1.29, 1.82) is 0 Å². The lowest BCUT2D eigenvalue weighted by molar-refractivity contribution is -0.126. The first-order valence-corrected chi connectivity index (χ1v) is 11.1. The summed E-state index contributed by atoms with van der Waals surface area (Å²) in [7, 11) is 0. The SMILES string of the molecule is Cc1cc(C)c(NC(=O)CNC(=O)COC(=O)c2ccc(OCc3c(C)noc3C)cc2)c(C)c1. The summed E-state index contributed by atoms with van der Waals surface area (Å²) < 4.78 is 15.9. The van der Waals surface area contributed by atoms with E-state index in [2.05, 4.69) is 15.8 Å². The Morgan fingerprint density at radius 2 is 1.60 bits per heavy atom. The number of anilines is 1. The zero-order chi connectivity index (χ0) is 25.5. The van der Waals surface area contributed by atoms with Crippen LogP contribution >= 0.6 is 0 Å². The number of rotatable bonds is 9. The van der Waals surface area contributed by atoms with Gasteiger partial charge in [0.1, 0.15) is 18.1 Å². The zero-order valence-electron chi connectivity index (χ0n) is 20.5. The summed E-state index contributed by atoms with van der Waals surface area (Å²) in [6, 6.07) is 10.3. The molecule has 9 heteroatoms. The predicted molar refractivity (Wildman–Crippen MR) is 129 cm³/mol. The van der Waals surface area contributed by atoms with Crippen LogP contribution in [0.4, 0.5) is 5.69 Å². The van der Waals surface area contributed by atoms with Gasteiger partial charge in [-0.25, -0.2) is 4.79 Å². The Hall–Kier alpha value is -4.14. The average molecular weight is 480 g/mol. The first kappa shape index (κ1) is 25.5. The van der Waals surface area contributed by atoms with Gasteiger partial charge in [-0.2, -0.15) is 0 Å². The molecule has 0 fully saturated rings. The lowest BCUT2D eigenvalue weighted by Gasteiger charge is -2.13. The van der Waals surface area contributed by atoms with E-state index in [1.54, 1.807) is 24.3 Å². The van der Waals surface area contributed by atoms with Crippen LogP contribution in [0.1, 0.15) is 44.1 Å². The van der Waals surface area contributed by atoms with Gasteiger partial charge >= 0.3 is 5.97 Å². The lowest BCUT2D eigenvalue weighted by atomic mass is 10.1.